The molecule has 1 atom stereocenters. The Morgan fingerprint density at radius 2 is 1.62 bits per heavy atom. The number of amides is 1. The Balaban J connectivity index is 1.56. The van der Waals surface area contributed by atoms with Gasteiger partial charge in [0.1, 0.15) is 5.82 Å². The first-order chi connectivity index (χ1) is 11.6. The Labute approximate surface area is 141 Å². The summed E-state index contributed by atoms with van der Waals surface area (Å²) in [6.45, 7) is 4.81. The Kier molecular flexibility index (Phi) is 5.11. The summed E-state index contributed by atoms with van der Waals surface area (Å²) in [6, 6.07) is 16.1. The van der Waals surface area contributed by atoms with Gasteiger partial charge < -0.3 is 10.2 Å². The lowest BCUT2D eigenvalue weighted by atomic mass is 10.2. The van der Waals surface area contributed by atoms with Gasteiger partial charge in [0.25, 0.3) is 0 Å². The normalized spacial score (nSPS) is 16.7. The highest BCUT2D eigenvalue weighted by atomic mass is 19.1. The Morgan fingerprint density at radius 3 is 2.29 bits per heavy atom. The van der Waals surface area contributed by atoms with E-state index in [1.807, 2.05) is 48.2 Å². The second-order valence-electron chi connectivity index (χ2n) is 6.01. The quantitative estimate of drug-likeness (QED) is 0.938. The van der Waals surface area contributed by atoms with Crippen LogP contribution in [0.3, 0.4) is 0 Å². The highest BCUT2D eigenvalue weighted by Crippen LogP contribution is 2.21. The molecule has 1 saturated heterocycles. The third-order valence-electron chi connectivity index (χ3n) is 4.48. The lowest BCUT2D eigenvalue weighted by Crippen LogP contribution is -2.53. The third-order valence-corrected chi connectivity index (χ3v) is 4.48. The molecule has 0 aromatic heterocycles. The summed E-state index contributed by atoms with van der Waals surface area (Å²) in [5.41, 5.74) is 1.44. The molecule has 0 saturated carbocycles. The number of para-hydroxylation sites is 2. The zero-order chi connectivity index (χ0) is 16.9. The van der Waals surface area contributed by atoms with E-state index in [9.17, 15) is 9.18 Å². The number of hydrogen-bond donors (Lipinski definition) is 1. The van der Waals surface area contributed by atoms with E-state index >= 15 is 0 Å². The van der Waals surface area contributed by atoms with Crippen LogP contribution in [0.1, 0.15) is 6.92 Å². The predicted molar refractivity (Wildman–Crippen MR) is 94.7 cm³/mol. The third kappa shape index (κ3) is 3.74. The standard InChI is InChI=1S/C19H22FN3O/c1-15(19(24)21-16-7-3-2-4-8-16)22-11-13-23(14-12-22)18-10-6-5-9-17(18)20/h2-10,15H,11-14H2,1H3,(H,21,24). The zero-order valence-corrected chi connectivity index (χ0v) is 13.8. The molecule has 1 N–H and O–H groups in total. The molecular weight excluding hydrogens is 305 g/mol. The second-order valence-corrected chi connectivity index (χ2v) is 6.01. The number of hydrogen-bond acceptors (Lipinski definition) is 3. The predicted octanol–water partition coefficient (Wildman–Crippen LogP) is 2.97. The number of halogens is 1. The van der Waals surface area contributed by atoms with Crippen LogP contribution in [0.15, 0.2) is 54.6 Å². The zero-order valence-electron chi connectivity index (χ0n) is 13.8. The van der Waals surface area contributed by atoms with E-state index in [0.29, 0.717) is 18.8 Å². The Bertz CT molecular complexity index is 684. The minimum absolute atomic E-state index is 0.0134. The van der Waals surface area contributed by atoms with Gasteiger partial charge in [0.15, 0.2) is 0 Å². The number of carbonyl (C=O) groups is 1. The lowest BCUT2D eigenvalue weighted by Gasteiger charge is -2.38. The number of nitrogens with zero attached hydrogens (tertiary/aromatic N) is 2. The van der Waals surface area contributed by atoms with E-state index in [1.54, 1.807) is 12.1 Å². The van der Waals surface area contributed by atoms with Gasteiger partial charge in [-0.3, -0.25) is 9.69 Å². The van der Waals surface area contributed by atoms with Crippen molar-refractivity contribution in [3.8, 4) is 0 Å². The minimum Gasteiger partial charge on any atom is -0.367 e. The molecule has 126 valence electrons. The van der Waals surface area contributed by atoms with Crippen LogP contribution in [0.4, 0.5) is 15.8 Å². The van der Waals surface area contributed by atoms with Crippen LogP contribution in [0.2, 0.25) is 0 Å². The molecular formula is C19H22FN3O. The summed E-state index contributed by atoms with van der Waals surface area (Å²) in [7, 11) is 0. The Hall–Kier alpha value is -2.40. The SMILES string of the molecule is CC(C(=O)Nc1ccccc1)N1CCN(c2ccccc2F)CC1. The van der Waals surface area contributed by atoms with Crippen molar-refractivity contribution in [2.75, 3.05) is 36.4 Å². The van der Waals surface area contributed by atoms with E-state index < -0.39 is 0 Å². The molecule has 4 nitrogen and oxygen atoms in total. The van der Waals surface area contributed by atoms with Crippen LogP contribution < -0.4 is 10.2 Å². The van der Waals surface area contributed by atoms with Crippen molar-refractivity contribution in [3.05, 3.63) is 60.4 Å². The maximum absolute atomic E-state index is 13.9. The molecule has 1 unspecified atom stereocenters. The summed E-state index contributed by atoms with van der Waals surface area (Å²) in [5, 5.41) is 2.94. The first kappa shape index (κ1) is 16.5. The fraction of sp³-hybridized carbons (Fsp3) is 0.316. The van der Waals surface area contributed by atoms with Crippen molar-refractivity contribution in [2.45, 2.75) is 13.0 Å². The van der Waals surface area contributed by atoms with Gasteiger partial charge >= 0.3 is 0 Å². The number of piperazine rings is 1. The molecule has 3 rings (SSSR count). The number of benzene rings is 2. The maximum Gasteiger partial charge on any atom is 0.241 e. The number of carbonyl (C=O) groups excluding carboxylic acids is 1. The molecule has 24 heavy (non-hydrogen) atoms. The monoisotopic (exact) mass is 327 g/mol. The van der Waals surface area contributed by atoms with Crippen molar-refractivity contribution >= 4 is 17.3 Å². The summed E-state index contributed by atoms with van der Waals surface area (Å²) >= 11 is 0. The molecule has 1 aliphatic heterocycles. The lowest BCUT2D eigenvalue weighted by molar-refractivity contribution is -0.120. The molecule has 1 heterocycles. The van der Waals surface area contributed by atoms with Crippen LogP contribution in [0.25, 0.3) is 0 Å². The maximum atomic E-state index is 13.9. The first-order valence-corrected chi connectivity index (χ1v) is 8.24. The second kappa shape index (κ2) is 7.45. The van der Waals surface area contributed by atoms with Crippen LogP contribution in [0.5, 0.6) is 0 Å². The van der Waals surface area contributed by atoms with E-state index in [-0.39, 0.29) is 17.8 Å². The number of anilines is 2. The number of rotatable bonds is 4. The van der Waals surface area contributed by atoms with Crippen molar-refractivity contribution in [3.63, 3.8) is 0 Å². The molecule has 2 aromatic rings. The van der Waals surface area contributed by atoms with Gasteiger partial charge in [0.05, 0.1) is 11.7 Å². The van der Waals surface area contributed by atoms with E-state index in [2.05, 4.69) is 10.2 Å². The van der Waals surface area contributed by atoms with Crippen LogP contribution in [-0.2, 0) is 4.79 Å². The van der Waals surface area contributed by atoms with Gasteiger partial charge in [-0.05, 0) is 31.2 Å². The summed E-state index contributed by atoms with van der Waals surface area (Å²) in [4.78, 5) is 16.6. The van der Waals surface area contributed by atoms with Gasteiger partial charge in [-0.1, -0.05) is 30.3 Å². The van der Waals surface area contributed by atoms with Crippen molar-refractivity contribution in [1.29, 1.82) is 0 Å². The summed E-state index contributed by atoms with van der Waals surface area (Å²) < 4.78 is 13.9. The molecule has 5 heteroatoms. The smallest absolute Gasteiger partial charge is 0.241 e. The van der Waals surface area contributed by atoms with E-state index in [1.165, 1.54) is 6.07 Å². The highest BCUT2D eigenvalue weighted by Gasteiger charge is 2.26. The summed E-state index contributed by atoms with van der Waals surface area (Å²) in [5.74, 6) is -0.207. The fourth-order valence-corrected chi connectivity index (χ4v) is 2.99. The molecule has 1 aliphatic rings. The molecule has 0 bridgehead atoms. The summed E-state index contributed by atoms with van der Waals surface area (Å²) in [6.07, 6.45) is 0. The molecule has 0 radical (unpaired) electrons. The van der Waals surface area contributed by atoms with Gasteiger partial charge in [-0.2, -0.15) is 0 Å². The number of nitrogens with one attached hydrogen (secondary N) is 1. The van der Waals surface area contributed by atoms with Crippen LogP contribution in [0, 0.1) is 5.82 Å². The van der Waals surface area contributed by atoms with E-state index in [4.69, 9.17) is 0 Å². The van der Waals surface area contributed by atoms with Gasteiger partial charge in [-0.15, -0.1) is 0 Å². The topological polar surface area (TPSA) is 35.6 Å². The average molecular weight is 327 g/mol. The molecule has 2 aromatic carbocycles. The van der Waals surface area contributed by atoms with Crippen molar-refractivity contribution < 1.29 is 9.18 Å². The van der Waals surface area contributed by atoms with Crippen LogP contribution >= 0.6 is 0 Å². The van der Waals surface area contributed by atoms with E-state index in [0.717, 1.165) is 18.8 Å². The minimum atomic E-state index is -0.215. The first-order valence-electron chi connectivity index (χ1n) is 8.24. The highest BCUT2D eigenvalue weighted by molar-refractivity contribution is 5.94. The largest absolute Gasteiger partial charge is 0.367 e. The molecule has 0 spiro atoms. The molecule has 0 aliphatic carbocycles. The molecule has 1 fully saturated rings. The van der Waals surface area contributed by atoms with Crippen LogP contribution in [-0.4, -0.2) is 43.0 Å². The van der Waals surface area contributed by atoms with Gasteiger partial charge in [-0.25, -0.2) is 4.39 Å². The Morgan fingerprint density at radius 1 is 1.00 bits per heavy atom. The van der Waals surface area contributed by atoms with Crippen molar-refractivity contribution in [1.82, 2.24) is 4.90 Å². The van der Waals surface area contributed by atoms with Gasteiger partial charge in [0.2, 0.25) is 5.91 Å². The average Bonchev–Trinajstić information content (AvgIpc) is 2.62. The fourth-order valence-electron chi connectivity index (χ4n) is 2.99. The van der Waals surface area contributed by atoms with Crippen molar-refractivity contribution in [2.24, 2.45) is 0 Å². The van der Waals surface area contributed by atoms with Gasteiger partial charge in [0, 0.05) is 31.9 Å². The molecule has 1 amide bonds.